The Morgan fingerprint density at radius 2 is 1.31 bits per heavy atom. The van der Waals surface area contributed by atoms with Crippen molar-refractivity contribution in [1.82, 2.24) is 0 Å². The Morgan fingerprint density at radius 1 is 0.729 bits per heavy atom. The molecule has 0 aliphatic carbocycles. The summed E-state index contributed by atoms with van der Waals surface area (Å²) in [4.78, 5) is 34.7. The first-order chi connectivity index (χ1) is 23.3. The normalized spacial score (nSPS) is 17.9. The number of hydrogen-bond acceptors (Lipinski definition) is 9. The van der Waals surface area contributed by atoms with E-state index in [0.29, 0.717) is 25.0 Å². The third-order valence-electron chi connectivity index (χ3n) is 8.23. The van der Waals surface area contributed by atoms with Gasteiger partial charge in [0.15, 0.2) is 6.10 Å². The summed E-state index contributed by atoms with van der Waals surface area (Å²) >= 11 is 0. The van der Waals surface area contributed by atoms with Crippen LogP contribution in [0.2, 0.25) is 0 Å². The molecule has 1 rings (SSSR count). The van der Waals surface area contributed by atoms with E-state index >= 15 is 0 Å². The molecule has 0 aromatic carbocycles. The van der Waals surface area contributed by atoms with Gasteiger partial charge in [0, 0.05) is 19.4 Å². The summed E-state index contributed by atoms with van der Waals surface area (Å²) in [5, 5.41) is 0. The van der Waals surface area contributed by atoms with E-state index in [1.165, 1.54) is 32.1 Å². The fraction of sp³-hybridized carbons (Fsp3) is 0.838. The molecule has 280 valence electrons. The minimum Gasteiger partial charge on any atom is -0.462 e. The van der Waals surface area contributed by atoms with Crippen LogP contribution in [0, 0.1) is 0 Å². The molecule has 0 radical (unpaired) electrons. The highest BCUT2D eigenvalue weighted by Crippen LogP contribution is 2.43. The van der Waals surface area contributed by atoms with Gasteiger partial charge in [0.25, 0.3) is 0 Å². The van der Waals surface area contributed by atoms with Crippen LogP contribution >= 0.6 is 7.82 Å². The van der Waals surface area contributed by atoms with Crippen LogP contribution in [0.15, 0.2) is 24.3 Å². The largest absolute Gasteiger partial charge is 0.472 e. The number of allylic oxidation sites excluding steroid dienone is 3. The van der Waals surface area contributed by atoms with E-state index in [4.69, 9.17) is 29.0 Å². The quantitative estimate of drug-likeness (QED) is 0.0219. The van der Waals surface area contributed by atoms with Crippen LogP contribution in [0.3, 0.4) is 0 Å². The molecule has 1 aliphatic rings. The SMILES string of the molecule is CCCC/C=C\CCCCCCCC(=O)O[C@H](COC(=O)CCCCCCCC1OC1C/C=C\CCCCC)COP(=O)(O)OCCN. The van der Waals surface area contributed by atoms with E-state index in [1.807, 2.05) is 0 Å². The number of hydrogen-bond donors (Lipinski definition) is 2. The highest BCUT2D eigenvalue weighted by atomic mass is 31.2. The predicted octanol–water partition coefficient (Wildman–Crippen LogP) is 9.04. The Morgan fingerprint density at radius 3 is 2.00 bits per heavy atom. The average Bonchev–Trinajstić information content (AvgIpc) is 3.82. The highest BCUT2D eigenvalue weighted by molar-refractivity contribution is 7.47. The molecule has 0 bridgehead atoms. The maximum Gasteiger partial charge on any atom is 0.472 e. The number of carbonyl (C=O) groups is 2. The van der Waals surface area contributed by atoms with Gasteiger partial charge in [0.2, 0.25) is 0 Å². The number of esters is 2. The summed E-state index contributed by atoms with van der Waals surface area (Å²) in [6, 6.07) is 0. The number of rotatable bonds is 34. The number of unbranched alkanes of at least 4 members (excludes halogenated alkanes) is 14. The molecule has 0 amide bonds. The molecule has 0 aromatic heterocycles. The van der Waals surface area contributed by atoms with E-state index in [9.17, 15) is 19.0 Å². The fourth-order valence-corrected chi connectivity index (χ4v) is 6.03. The Bertz CT molecular complexity index is 913. The van der Waals surface area contributed by atoms with Crippen molar-refractivity contribution in [2.24, 2.45) is 5.73 Å². The first-order valence-electron chi connectivity index (χ1n) is 18.9. The van der Waals surface area contributed by atoms with Crippen molar-refractivity contribution < 1.29 is 42.3 Å². The zero-order valence-electron chi connectivity index (χ0n) is 30.2. The van der Waals surface area contributed by atoms with Gasteiger partial charge in [-0.2, -0.15) is 0 Å². The minimum absolute atomic E-state index is 0.0477. The zero-order chi connectivity index (χ0) is 35.1. The Hall–Kier alpha value is -1.55. The lowest BCUT2D eigenvalue weighted by molar-refractivity contribution is -0.161. The molecule has 1 heterocycles. The van der Waals surface area contributed by atoms with Crippen LogP contribution in [0.1, 0.15) is 155 Å². The van der Waals surface area contributed by atoms with Gasteiger partial charge in [0.05, 0.1) is 25.4 Å². The summed E-state index contributed by atoms with van der Waals surface area (Å²) in [5.41, 5.74) is 5.33. The molecule has 0 spiro atoms. The van der Waals surface area contributed by atoms with Crippen LogP contribution in [0.25, 0.3) is 0 Å². The Labute approximate surface area is 291 Å². The third kappa shape index (κ3) is 27.3. The van der Waals surface area contributed by atoms with E-state index in [2.05, 4.69) is 38.2 Å². The minimum atomic E-state index is -4.38. The number of carbonyl (C=O) groups excluding carboxylic acids is 2. The van der Waals surface area contributed by atoms with Crippen LogP contribution in [0.5, 0.6) is 0 Å². The van der Waals surface area contributed by atoms with E-state index in [-0.39, 0.29) is 32.6 Å². The van der Waals surface area contributed by atoms with Gasteiger partial charge in [-0.25, -0.2) is 4.57 Å². The second-order valence-corrected chi connectivity index (χ2v) is 14.3. The van der Waals surface area contributed by atoms with Crippen LogP contribution < -0.4 is 5.73 Å². The highest BCUT2D eigenvalue weighted by Gasteiger charge is 2.36. The monoisotopic (exact) mass is 701 g/mol. The molecule has 0 aromatic rings. The van der Waals surface area contributed by atoms with Gasteiger partial charge in [-0.3, -0.25) is 18.6 Å². The lowest BCUT2D eigenvalue weighted by atomic mass is 10.1. The topological polar surface area (TPSA) is 147 Å². The maximum atomic E-state index is 12.5. The van der Waals surface area contributed by atoms with Gasteiger partial charge in [-0.1, -0.05) is 109 Å². The van der Waals surface area contributed by atoms with Gasteiger partial charge in [-0.05, 0) is 57.8 Å². The molecule has 10 nitrogen and oxygen atoms in total. The van der Waals surface area contributed by atoms with Crippen molar-refractivity contribution in [1.29, 1.82) is 0 Å². The molecule has 1 saturated heterocycles. The molecule has 1 fully saturated rings. The summed E-state index contributed by atoms with van der Waals surface area (Å²) in [7, 11) is -4.38. The van der Waals surface area contributed by atoms with Crippen molar-refractivity contribution in [3.05, 3.63) is 24.3 Å². The van der Waals surface area contributed by atoms with Gasteiger partial charge in [0.1, 0.15) is 6.61 Å². The van der Waals surface area contributed by atoms with E-state index in [1.54, 1.807) is 0 Å². The van der Waals surface area contributed by atoms with Crippen molar-refractivity contribution in [2.75, 3.05) is 26.4 Å². The number of phosphoric ester groups is 1. The molecule has 11 heteroatoms. The average molecular weight is 702 g/mol. The van der Waals surface area contributed by atoms with Gasteiger partial charge < -0.3 is 24.8 Å². The lowest BCUT2D eigenvalue weighted by Crippen LogP contribution is -2.29. The van der Waals surface area contributed by atoms with Crippen LogP contribution in [0.4, 0.5) is 0 Å². The summed E-state index contributed by atoms with van der Waals surface area (Å²) in [6.07, 6.45) is 30.9. The molecular formula is C37H68NO9P. The summed E-state index contributed by atoms with van der Waals surface area (Å²) < 4.78 is 38.4. The fourth-order valence-electron chi connectivity index (χ4n) is 5.27. The maximum absolute atomic E-state index is 12.5. The van der Waals surface area contributed by atoms with Crippen molar-refractivity contribution in [3.8, 4) is 0 Å². The van der Waals surface area contributed by atoms with Crippen LogP contribution in [-0.2, 0) is 37.4 Å². The van der Waals surface area contributed by atoms with Crippen molar-refractivity contribution in [3.63, 3.8) is 0 Å². The molecule has 0 saturated carbocycles. The van der Waals surface area contributed by atoms with E-state index < -0.39 is 32.5 Å². The molecule has 4 atom stereocenters. The van der Waals surface area contributed by atoms with Crippen molar-refractivity contribution >= 4 is 19.8 Å². The molecule has 1 aliphatic heterocycles. The second-order valence-electron chi connectivity index (χ2n) is 12.8. The van der Waals surface area contributed by atoms with Crippen LogP contribution in [-0.4, -0.2) is 61.5 Å². The number of nitrogens with two attached hydrogens (primary N) is 1. The number of phosphoric acid groups is 1. The Balaban J connectivity index is 2.23. The molecule has 3 N–H and O–H groups in total. The standard InChI is InChI=1S/C37H68NO9P/c1-3-5-7-9-11-12-13-14-15-19-24-28-37(40)46-33(32-45-48(41,42)44-30-29-38)31-43-36(39)27-23-20-16-18-22-26-35-34(47-35)25-21-17-10-8-6-4-2/h9,11,17,21,33-35H,3-8,10,12-16,18-20,22-32,38H2,1-2H3,(H,41,42)/b11-9-,21-17-/t33-,34?,35?/m1/s1. The summed E-state index contributed by atoms with van der Waals surface area (Å²) in [5.74, 6) is -0.865. The lowest BCUT2D eigenvalue weighted by Gasteiger charge is -2.19. The molecular weight excluding hydrogens is 633 g/mol. The number of epoxide rings is 1. The first-order valence-corrected chi connectivity index (χ1v) is 20.4. The summed E-state index contributed by atoms with van der Waals surface area (Å²) in [6.45, 7) is 3.60. The Kier molecular flexibility index (Phi) is 28.1. The third-order valence-corrected chi connectivity index (χ3v) is 9.22. The zero-order valence-corrected chi connectivity index (χ0v) is 31.1. The number of ether oxygens (including phenoxy) is 3. The smallest absolute Gasteiger partial charge is 0.462 e. The van der Waals surface area contributed by atoms with Gasteiger partial charge in [-0.15, -0.1) is 0 Å². The second kappa shape index (κ2) is 30.3. The van der Waals surface area contributed by atoms with Crippen molar-refractivity contribution in [2.45, 2.75) is 173 Å². The van der Waals surface area contributed by atoms with E-state index in [0.717, 1.165) is 83.5 Å². The van der Waals surface area contributed by atoms with Gasteiger partial charge >= 0.3 is 19.8 Å². The molecule has 3 unspecified atom stereocenters. The predicted molar refractivity (Wildman–Crippen MR) is 191 cm³/mol. The molecule has 48 heavy (non-hydrogen) atoms. The first kappa shape index (κ1) is 44.5.